The monoisotopic (exact) mass is 196 g/mol. The van der Waals surface area contributed by atoms with Crippen LogP contribution >= 0.6 is 0 Å². The zero-order valence-electron chi connectivity index (χ0n) is 7.77. The highest BCUT2D eigenvalue weighted by atomic mass is 16.5. The van der Waals surface area contributed by atoms with Gasteiger partial charge in [0.25, 0.3) is 0 Å². The van der Waals surface area contributed by atoms with Crippen LogP contribution in [0.5, 0.6) is 0 Å². The first-order chi connectivity index (χ1) is 6.65. The van der Waals surface area contributed by atoms with E-state index < -0.39 is 6.23 Å². The van der Waals surface area contributed by atoms with Crippen LogP contribution < -0.4 is 16.8 Å². The molecule has 1 aromatic heterocycles. The molecule has 5 N–H and O–H groups in total. The van der Waals surface area contributed by atoms with E-state index in [2.05, 4.69) is 26.8 Å². The number of methoxy groups -OCH3 is 1. The topological polar surface area (TPSA) is 112 Å². The number of anilines is 3. The molecule has 1 rings (SSSR count). The van der Waals surface area contributed by atoms with Gasteiger partial charge in [0.15, 0.2) is 0 Å². The average molecular weight is 196 g/mol. The Morgan fingerprint density at radius 3 is 2.36 bits per heavy atom. The molecule has 1 aromatic rings. The van der Waals surface area contributed by atoms with Gasteiger partial charge in [0.05, 0.1) is 0 Å². The van der Waals surface area contributed by atoms with Crippen molar-refractivity contribution >= 4 is 17.8 Å². The summed E-state index contributed by atoms with van der Waals surface area (Å²) in [6, 6.07) is 0. The van der Waals surface area contributed by atoms with E-state index in [-0.39, 0.29) is 17.8 Å². The van der Waals surface area contributed by atoms with E-state index in [1.807, 2.05) is 0 Å². The predicted octanol–water partition coefficient (Wildman–Crippen LogP) is -0.394. The molecule has 0 aliphatic carbocycles. The first kappa shape index (κ1) is 10.2. The minimum Gasteiger partial charge on any atom is -0.368 e. The second-order valence-corrected chi connectivity index (χ2v) is 2.41. The molecule has 7 heteroatoms. The third kappa shape index (κ3) is 2.56. The van der Waals surface area contributed by atoms with Gasteiger partial charge in [-0.25, -0.2) is 0 Å². The van der Waals surface area contributed by atoms with Crippen molar-refractivity contribution in [3.8, 4) is 0 Å². The molecule has 1 atom stereocenters. The van der Waals surface area contributed by atoms with Crippen molar-refractivity contribution in [2.45, 2.75) is 6.23 Å². The third-order valence-corrected chi connectivity index (χ3v) is 1.41. The summed E-state index contributed by atoms with van der Waals surface area (Å²) in [4.78, 5) is 11.2. The first-order valence-electron chi connectivity index (χ1n) is 3.84. The molecule has 0 spiro atoms. The number of nitrogens with zero attached hydrogens (tertiary/aromatic N) is 3. The summed E-state index contributed by atoms with van der Waals surface area (Å²) in [7, 11) is 1.52. The largest absolute Gasteiger partial charge is 0.368 e. The number of rotatable bonds is 4. The molecule has 0 amide bonds. The smallest absolute Gasteiger partial charge is 0.231 e. The molecule has 0 fully saturated rings. The molecule has 0 saturated heterocycles. The van der Waals surface area contributed by atoms with E-state index in [1.165, 1.54) is 7.11 Å². The Hall–Kier alpha value is -1.89. The Bertz CT molecular complexity index is 308. The molecule has 1 unspecified atom stereocenters. The van der Waals surface area contributed by atoms with E-state index in [0.29, 0.717) is 0 Å². The van der Waals surface area contributed by atoms with Gasteiger partial charge in [-0.1, -0.05) is 6.58 Å². The molecular formula is C7H12N6O. The summed E-state index contributed by atoms with van der Waals surface area (Å²) >= 11 is 0. The maximum absolute atomic E-state index is 5.37. The van der Waals surface area contributed by atoms with Crippen LogP contribution in [0.4, 0.5) is 17.8 Å². The zero-order valence-corrected chi connectivity index (χ0v) is 7.77. The van der Waals surface area contributed by atoms with Crippen molar-refractivity contribution in [1.82, 2.24) is 15.0 Å². The van der Waals surface area contributed by atoms with Gasteiger partial charge in [-0.05, 0) is 6.08 Å². The summed E-state index contributed by atoms with van der Waals surface area (Å²) in [6.45, 7) is 3.55. The Balaban J connectivity index is 2.80. The summed E-state index contributed by atoms with van der Waals surface area (Å²) < 4.78 is 4.97. The van der Waals surface area contributed by atoms with Gasteiger partial charge in [0.1, 0.15) is 6.23 Å². The number of aromatic nitrogens is 3. The number of nitrogen functional groups attached to an aromatic ring is 2. The van der Waals surface area contributed by atoms with Gasteiger partial charge in [0, 0.05) is 7.11 Å². The van der Waals surface area contributed by atoms with Crippen molar-refractivity contribution in [1.29, 1.82) is 0 Å². The van der Waals surface area contributed by atoms with Crippen LogP contribution in [-0.4, -0.2) is 28.3 Å². The lowest BCUT2D eigenvalue weighted by atomic mass is 10.5. The van der Waals surface area contributed by atoms with Gasteiger partial charge in [-0.15, -0.1) is 0 Å². The molecular weight excluding hydrogens is 184 g/mol. The SMILES string of the molecule is C=CC(Nc1nc(N)nc(N)n1)OC. The number of hydrogen-bond acceptors (Lipinski definition) is 7. The lowest BCUT2D eigenvalue weighted by Gasteiger charge is -2.12. The number of nitrogens with one attached hydrogen (secondary N) is 1. The molecule has 7 nitrogen and oxygen atoms in total. The molecule has 14 heavy (non-hydrogen) atoms. The van der Waals surface area contributed by atoms with Crippen LogP contribution in [0.3, 0.4) is 0 Å². The Labute approximate surface area is 81.2 Å². The molecule has 1 heterocycles. The number of nitrogens with two attached hydrogens (primary N) is 2. The van der Waals surface area contributed by atoms with E-state index in [9.17, 15) is 0 Å². The lowest BCUT2D eigenvalue weighted by Crippen LogP contribution is -2.21. The van der Waals surface area contributed by atoms with Crippen LogP contribution in [0.15, 0.2) is 12.7 Å². The van der Waals surface area contributed by atoms with Crippen LogP contribution in [-0.2, 0) is 4.74 Å². The van der Waals surface area contributed by atoms with Crippen LogP contribution in [0, 0.1) is 0 Å². The molecule has 0 aliphatic rings. The normalized spacial score (nSPS) is 12.1. The van der Waals surface area contributed by atoms with E-state index >= 15 is 0 Å². The maximum atomic E-state index is 5.37. The minimum atomic E-state index is -0.392. The van der Waals surface area contributed by atoms with E-state index in [0.717, 1.165) is 0 Å². The Kier molecular flexibility index (Phi) is 3.19. The third-order valence-electron chi connectivity index (χ3n) is 1.41. The van der Waals surface area contributed by atoms with E-state index in [4.69, 9.17) is 16.2 Å². The highest BCUT2D eigenvalue weighted by molar-refractivity contribution is 5.37. The lowest BCUT2D eigenvalue weighted by molar-refractivity contribution is 0.162. The van der Waals surface area contributed by atoms with Gasteiger partial charge in [0.2, 0.25) is 17.8 Å². The highest BCUT2D eigenvalue weighted by Crippen LogP contribution is 2.05. The molecule has 0 aliphatic heterocycles. The molecule has 0 bridgehead atoms. The summed E-state index contributed by atoms with van der Waals surface area (Å²) in [5.41, 5.74) is 10.7. The van der Waals surface area contributed by atoms with Crippen molar-refractivity contribution in [2.24, 2.45) is 0 Å². The second kappa shape index (κ2) is 4.38. The fourth-order valence-electron chi connectivity index (χ4n) is 0.815. The quantitative estimate of drug-likeness (QED) is 0.444. The van der Waals surface area contributed by atoms with Crippen LogP contribution in [0.2, 0.25) is 0 Å². The van der Waals surface area contributed by atoms with Gasteiger partial charge in [-0.3, -0.25) is 0 Å². The highest BCUT2D eigenvalue weighted by Gasteiger charge is 2.05. The fourth-order valence-corrected chi connectivity index (χ4v) is 0.815. The Morgan fingerprint density at radius 1 is 1.36 bits per heavy atom. The van der Waals surface area contributed by atoms with Crippen molar-refractivity contribution < 1.29 is 4.74 Å². The minimum absolute atomic E-state index is 0.0546. The number of hydrogen-bond donors (Lipinski definition) is 3. The van der Waals surface area contributed by atoms with Crippen molar-refractivity contribution in [2.75, 3.05) is 23.9 Å². The first-order valence-corrected chi connectivity index (χ1v) is 3.84. The maximum Gasteiger partial charge on any atom is 0.231 e. The Morgan fingerprint density at radius 2 is 1.93 bits per heavy atom. The van der Waals surface area contributed by atoms with E-state index in [1.54, 1.807) is 6.08 Å². The van der Waals surface area contributed by atoms with Crippen LogP contribution in [0.1, 0.15) is 0 Å². The van der Waals surface area contributed by atoms with Crippen molar-refractivity contribution in [3.63, 3.8) is 0 Å². The van der Waals surface area contributed by atoms with Crippen molar-refractivity contribution in [3.05, 3.63) is 12.7 Å². The average Bonchev–Trinajstić information content (AvgIpc) is 2.12. The molecule has 76 valence electrons. The molecule has 0 radical (unpaired) electrons. The van der Waals surface area contributed by atoms with Gasteiger partial charge < -0.3 is 21.5 Å². The standard InChI is InChI=1S/C7H12N6O/c1-3-4(14-2)10-7-12-5(8)11-6(9)13-7/h3-4H,1H2,2H3,(H5,8,9,10,11,12,13). The molecule has 0 saturated carbocycles. The molecule has 0 aromatic carbocycles. The van der Waals surface area contributed by atoms with Gasteiger partial charge in [-0.2, -0.15) is 15.0 Å². The summed E-state index contributed by atoms with van der Waals surface area (Å²) in [5.74, 6) is 0.361. The predicted molar refractivity (Wildman–Crippen MR) is 53.3 cm³/mol. The summed E-state index contributed by atoms with van der Waals surface area (Å²) in [6.07, 6.45) is 1.16. The second-order valence-electron chi connectivity index (χ2n) is 2.41. The van der Waals surface area contributed by atoms with Crippen LogP contribution in [0.25, 0.3) is 0 Å². The number of ether oxygens (including phenoxy) is 1. The van der Waals surface area contributed by atoms with Gasteiger partial charge >= 0.3 is 0 Å². The fraction of sp³-hybridized carbons (Fsp3) is 0.286. The zero-order chi connectivity index (χ0) is 10.6. The summed E-state index contributed by atoms with van der Waals surface area (Å²) in [5, 5.41) is 2.80.